The monoisotopic (exact) mass is 600 g/mol. The molecular formula is C30H40N4O7S. The predicted octanol–water partition coefficient (Wildman–Crippen LogP) is 2.61. The van der Waals surface area contributed by atoms with Crippen molar-refractivity contribution in [2.45, 2.75) is 70.1 Å². The van der Waals surface area contributed by atoms with Gasteiger partial charge in [0.15, 0.2) is 5.72 Å². The Kier molecular flexibility index (Phi) is 9.71. The number of para-hydroxylation sites is 1. The molecule has 2 aromatic rings. The first-order valence-corrected chi connectivity index (χ1v) is 16.0. The van der Waals surface area contributed by atoms with Crippen molar-refractivity contribution in [3.8, 4) is 0 Å². The lowest BCUT2D eigenvalue weighted by Gasteiger charge is -2.41. The second kappa shape index (κ2) is 12.9. The molecule has 12 heteroatoms. The number of piperidine rings is 1. The van der Waals surface area contributed by atoms with Crippen LogP contribution in [0.15, 0.2) is 54.6 Å². The molecular weight excluding hydrogens is 560 g/mol. The molecule has 42 heavy (non-hydrogen) atoms. The summed E-state index contributed by atoms with van der Waals surface area (Å²) in [5.41, 5.74) is 6.23. The van der Waals surface area contributed by atoms with Crippen molar-refractivity contribution in [2.75, 3.05) is 30.2 Å². The molecule has 1 amide bonds. The molecule has 2 heterocycles. The molecule has 2 aliphatic rings. The average Bonchev–Trinajstić information content (AvgIpc) is 3.29. The average molecular weight is 601 g/mol. The van der Waals surface area contributed by atoms with E-state index in [0.29, 0.717) is 38.2 Å². The van der Waals surface area contributed by atoms with Crippen LogP contribution >= 0.6 is 0 Å². The van der Waals surface area contributed by atoms with E-state index in [-0.39, 0.29) is 31.0 Å². The summed E-state index contributed by atoms with van der Waals surface area (Å²) in [7, 11) is -3.46. The van der Waals surface area contributed by atoms with Crippen LogP contribution in [0, 0.1) is 0 Å². The molecule has 0 saturated carbocycles. The van der Waals surface area contributed by atoms with Crippen molar-refractivity contribution in [2.24, 2.45) is 0 Å². The molecule has 0 aromatic heterocycles. The maximum Gasteiger partial charge on any atom is 0.324 e. The Balaban J connectivity index is 1.46. The molecule has 0 radical (unpaired) electrons. The third kappa shape index (κ3) is 7.54. The maximum absolute atomic E-state index is 13.8. The van der Waals surface area contributed by atoms with Gasteiger partial charge in [0.1, 0.15) is 11.8 Å². The minimum absolute atomic E-state index is 0.106. The summed E-state index contributed by atoms with van der Waals surface area (Å²) in [4.78, 5) is 50.8. The molecule has 2 N–H and O–H groups in total. The van der Waals surface area contributed by atoms with E-state index in [1.54, 1.807) is 25.7 Å². The first-order chi connectivity index (χ1) is 19.8. The topological polar surface area (TPSA) is 134 Å². The van der Waals surface area contributed by atoms with Crippen molar-refractivity contribution in [3.05, 3.63) is 65.7 Å². The van der Waals surface area contributed by atoms with E-state index < -0.39 is 33.2 Å². The summed E-state index contributed by atoms with van der Waals surface area (Å²) in [6, 6.07) is 15.9. The molecule has 1 saturated heterocycles. The number of nitrogens with one attached hydrogen (secondary N) is 2. The summed E-state index contributed by atoms with van der Waals surface area (Å²) in [5, 5.41) is 0. The highest BCUT2D eigenvalue weighted by Crippen LogP contribution is 2.47. The Morgan fingerprint density at radius 2 is 1.67 bits per heavy atom. The van der Waals surface area contributed by atoms with Gasteiger partial charge in [0, 0.05) is 44.3 Å². The van der Waals surface area contributed by atoms with Crippen LogP contribution < -0.4 is 15.3 Å². The maximum atomic E-state index is 13.8. The fourth-order valence-corrected chi connectivity index (χ4v) is 6.48. The van der Waals surface area contributed by atoms with Gasteiger partial charge in [-0.25, -0.2) is 8.42 Å². The number of fused-ring (bicyclic) bond motifs is 2. The zero-order valence-electron chi connectivity index (χ0n) is 24.6. The quantitative estimate of drug-likeness (QED) is 0.279. The second-order valence-electron chi connectivity index (χ2n) is 11.5. The first kappa shape index (κ1) is 31.6. The highest BCUT2D eigenvalue weighted by molar-refractivity contribution is 7.92. The van der Waals surface area contributed by atoms with E-state index in [4.69, 9.17) is 9.68 Å². The van der Waals surface area contributed by atoms with Crippen molar-refractivity contribution >= 4 is 33.4 Å². The van der Waals surface area contributed by atoms with Crippen molar-refractivity contribution in [1.29, 1.82) is 0 Å². The van der Waals surface area contributed by atoms with Crippen molar-refractivity contribution in [3.63, 3.8) is 0 Å². The Hall–Kier alpha value is -3.32. The molecule has 1 fully saturated rings. The lowest BCUT2D eigenvalue weighted by molar-refractivity contribution is -0.198. The van der Waals surface area contributed by atoms with E-state index in [2.05, 4.69) is 11.0 Å². The Labute approximate surface area is 247 Å². The fraction of sp³-hybridized carbons (Fsp3) is 0.500. The number of carbonyl (C=O) groups excluding carboxylic acids is 3. The predicted molar refractivity (Wildman–Crippen MR) is 158 cm³/mol. The molecule has 0 aliphatic carbocycles. The number of likely N-dealkylation sites (tertiary alicyclic amines) is 1. The number of Topliss-reactive ketones (excluding diaryl/α,β-unsaturated/α-hetero) is 1. The Bertz CT molecular complexity index is 1390. The highest BCUT2D eigenvalue weighted by atomic mass is 32.2. The van der Waals surface area contributed by atoms with Crippen molar-refractivity contribution < 1.29 is 32.5 Å². The van der Waals surface area contributed by atoms with Gasteiger partial charge in [-0.1, -0.05) is 55.5 Å². The number of rotatable bonds is 12. The van der Waals surface area contributed by atoms with Gasteiger partial charge in [-0.05, 0) is 43.9 Å². The van der Waals surface area contributed by atoms with Gasteiger partial charge in [0.05, 0.1) is 11.9 Å². The Morgan fingerprint density at radius 1 is 1.02 bits per heavy atom. The fourth-order valence-electron chi connectivity index (χ4n) is 5.48. The summed E-state index contributed by atoms with van der Waals surface area (Å²) < 4.78 is 26.6. The Morgan fingerprint density at radius 3 is 2.31 bits per heavy atom. The molecule has 2 aliphatic heterocycles. The van der Waals surface area contributed by atoms with Gasteiger partial charge in [-0.3, -0.25) is 23.5 Å². The third-order valence-corrected chi connectivity index (χ3v) is 8.88. The molecule has 228 valence electrons. The number of benzene rings is 2. The molecule has 2 aromatic carbocycles. The number of amides is 1. The number of nitrogens with zero attached hydrogens (tertiary/aromatic N) is 2. The first-order valence-electron chi connectivity index (χ1n) is 14.2. The van der Waals surface area contributed by atoms with Crippen LogP contribution in [-0.4, -0.2) is 68.6 Å². The van der Waals surface area contributed by atoms with Crippen LogP contribution in [-0.2, 0) is 45.9 Å². The largest absolute Gasteiger partial charge is 0.368 e. The second-order valence-corrected chi connectivity index (χ2v) is 13.4. The lowest BCUT2D eigenvalue weighted by atomic mass is 9.74. The van der Waals surface area contributed by atoms with Gasteiger partial charge in [-0.2, -0.15) is 5.48 Å². The van der Waals surface area contributed by atoms with Crippen LogP contribution in [0.2, 0.25) is 0 Å². The van der Waals surface area contributed by atoms with Gasteiger partial charge in [-0.15, -0.1) is 5.48 Å². The van der Waals surface area contributed by atoms with Crippen molar-refractivity contribution in [1.82, 2.24) is 15.9 Å². The zero-order chi connectivity index (χ0) is 30.5. The van der Waals surface area contributed by atoms with Gasteiger partial charge in [0.2, 0.25) is 15.9 Å². The van der Waals surface area contributed by atoms with Crippen LogP contribution in [0.1, 0.15) is 57.6 Å². The number of hydrogen-bond donors (Lipinski definition) is 2. The number of carbonyl (C=O) groups is 3. The highest BCUT2D eigenvalue weighted by Gasteiger charge is 2.48. The van der Waals surface area contributed by atoms with E-state index in [9.17, 15) is 22.8 Å². The summed E-state index contributed by atoms with van der Waals surface area (Å²) >= 11 is 0. The van der Waals surface area contributed by atoms with E-state index in [1.807, 2.05) is 54.6 Å². The number of hydroxylamine groups is 2. The van der Waals surface area contributed by atoms with Crippen LogP contribution in [0.4, 0.5) is 5.69 Å². The van der Waals surface area contributed by atoms with Crippen LogP contribution in [0.3, 0.4) is 0 Å². The molecule has 0 bridgehead atoms. The minimum atomic E-state index is -3.46. The zero-order valence-corrected chi connectivity index (χ0v) is 25.4. The lowest BCUT2D eigenvalue weighted by Crippen LogP contribution is -2.56. The third-order valence-electron chi connectivity index (χ3n) is 7.75. The van der Waals surface area contributed by atoms with Gasteiger partial charge < -0.3 is 9.74 Å². The molecule has 4 rings (SSSR count). The number of ketones is 1. The standard InChI is InChI=1S/C30H40N4O7S/c1-5-27(36)40-32-29(2,3)41-31-25(20-23(35)19-22-11-7-6-8-12-22)28(37)33-17-15-30(16-18-33)21-34(42(4,38)39)26-14-10-9-13-24(26)30/h6-14,25,31-32H,5,15-21H2,1-4H3/t25-/m1/s1. The molecule has 11 nitrogen and oxygen atoms in total. The number of sulfonamides is 1. The summed E-state index contributed by atoms with van der Waals surface area (Å²) in [6.45, 7) is 6.02. The minimum Gasteiger partial charge on any atom is -0.368 e. The van der Waals surface area contributed by atoms with E-state index in [1.165, 1.54) is 10.6 Å². The molecule has 1 atom stereocenters. The normalized spacial score (nSPS) is 17.1. The summed E-state index contributed by atoms with van der Waals surface area (Å²) in [6.07, 6.45) is 2.60. The van der Waals surface area contributed by atoms with E-state index in [0.717, 1.165) is 11.1 Å². The SMILES string of the molecule is CCC(=O)ONC(C)(C)ON[C@H](CC(=O)Cc1ccccc1)C(=O)N1CCC2(CC1)CN(S(C)(=O)=O)c1ccccc12. The van der Waals surface area contributed by atoms with Gasteiger partial charge >= 0.3 is 5.97 Å². The number of anilines is 1. The van der Waals surface area contributed by atoms with Crippen LogP contribution in [0.25, 0.3) is 0 Å². The molecule has 0 unspecified atom stereocenters. The summed E-state index contributed by atoms with van der Waals surface area (Å²) in [5.74, 6) is -0.901. The number of hydrogen-bond acceptors (Lipinski definition) is 9. The van der Waals surface area contributed by atoms with Gasteiger partial charge in [0.25, 0.3) is 0 Å². The van der Waals surface area contributed by atoms with Crippen LogP contribution in [0.5, 0.6) is 0 Å². The smallest absolute Gasteiger partial charge is 0.324 e. The van der Waals surface area contributed by atoms with E-state index >= 15 is 0 Å². The molecule has 1 spiro atoms.